The zero-order valence-corrected chi connectivity index (χ0v) is 12.9. The number of aromatic nitrogens is 2. The van der Waals surface area contributed by atoms with E-state index in [4.69, 9.17) is 4.74 Å². The number of anilines is 1. The quantitative estimate of drug-likeness (QED) is 0.853. The maximum absolute atomic E-state index is 12.9. The van der Waals surface area contributed by atoms with Crippen LogP contribution in [-0.4, -0.2) is 57.9 Å². The molecule has 0 bridgehead atoms. The number of amides is 2. The number of imidazole rings is 1. The Kier molecular flexibility index (Phi) is 3.46. The Balaban J connectivity index is 1.77. The first-order valence-corrected chi connectivity index (χ1v) is 7.70. The third-order valence-electron chi connectivity index (χ3n) is 4.32. The van der Waals surface area contributed by atoms with Crippen LogP contribution in [0.1, 0.15) is 16.2 Å². The summed E-state index contributed by atoms with van der Waals surface area (Å²) in [6, 6.07) is 7.28. The summed E-state index contributed by atoms with van der Waals surface area (Å²) in [6.45, 7) is 2.26. The molecule has 1 saturated heterocycles. The van der Waals surface area contributed by atoms with Gasteiger partial charge >= 0.3 is 12.0 Å². The molecule has 0 aliphatic carbocycles. The van der Waals surface area contributed by atoms with E-state index in [1.165, 1.54) is 6.33 Å². The molecule has 1 aromatic carbocycles. The monoisotopic (exact) mass is 328 g/mol. The summed E-state index contributed by atoms with van der Waals surface area (Å²) in [5.74, 6) is -1.10. The van der Waals surface area contributed by atoms with Crippen LogP contribution in [-0.2, 0) is 11.3 Å². The molecule has 0 spiro atoms. The third kappa shape index (κ3) is 2.23. The number of ether oxygens (including phenoxy) is 1. The first-order valence-electron chi connectivity index (χ1n) is 7.70. The number of rotatable bonds is 1. The molecule has 2 amide bonds. The maximum atomic E-state index is 12.9. The number of morpholine rings is 1. The zero-order valence-electron chi connectivity index (χ0n) is 12.9. The highest BCUT2D eigenvalue weighted by atomic mass is 16.5. The largest absolute Gasteiger partial charge is 0.476 e. The van der Waals surface area contributed by atoms with Crippen molar-refractivity contribution in [1.29, 1.82) is 0 Å². The van der Waals surface area contributed by atoms with E-state index in [0.717, 1.165) is 11.4 Å². The summed E-state index contributed by atoms with van der Waals surface area (Å²) >= 11 is 0. The average Bonchev–Trinajstić information content (AvgIpc) is 3.05. The van der Waals surface area contributed by atoms with E-state index in [1.807, 2.05) is 24.3 Å². The van der Waals surface area contributed by atoms with Gasteiger partial charge in [0.15, 0.2) is 5.69 Å². The molecule has 2 aromatic rings. The molecule has 8 nitrogen and oxygen atoms in total. The van der Waals surface area contributed by atoms with Crippen molar-refractivity contribution in [2.24, 2.45) is 0 Å². The smallest absolute Gasteiger partial charge is 0.356 e. The lowest BCUT2D eigenvalue weighted by Gasteiger charge is -2.36. The lowest BCUT2D eigenvalue weighted by Crippen LogP contribution is -2.49. The van der Waals surface area contributed by atoms with Crippen molar-refractivity contribution in [3.8, 4) is 5.69 Å². The number of hydrogen-bond acceptors (Lipinski definition) is 4. The van der Waals surface area contributed by atoms with E-state index < -0.39 is 5.97 Å². The van der Waals surface area contributed by atoms with E-state index in [9.17, 15) is 14.7 Å². The van der Waals surface area contributed by atoms with Crippen LogP contribution in [0.5, 0.6) is 0 Å². The minimum absolute atomic E-state index is 0.0238. The molecule has 124 valence electrons. The van der Waals surface area contributed by atoms with Gasteiger partial charge in [-0.2, -0.15) is 0 Å². The summed E-state index contributed by atoms with van der Waals surface area (Å²) < 4.78 is 7.03. The number of carboxylic acid groups (broad SMARTS) is 1. The van der Waals surface area contributed by atoms with Gasteiger partial charge < -0.3 is 14.7 Å². The van der Waals surface area contributed by atoms with Gasteiger partial charge in [0.25, 0.3) is 0 Å². The molecular formula is C16H16N4O4. The molecule has 2 aliphatic heterocycles. The standard InChI is InChI=1S/C16H16N4O4/c21-15(22)14-13-9-19(16(23)18-5-7-24-8-6-18)11-3-1-2-4-12(11)20(13)10-17-14/h1-4,10H,5-9H2,(H,21,22). The molecule has 0 atom stereocenters. The minimum atomic E-state index is -1.10. The first kappa shape index (κ1) is 14.7. The molecule has 1 N–H and O–H groups in total. The molecule has 1 fully saturated rings. The molecule has 8 heteroatoms. The van der Waals surface area contributed by atoms with Gasteiger partial charge in [0.1, 0.15) is 6.33 Å². The summed E-state index contributed by atoms with van der Waals surface area (Å²) in [7, 11) is 0. The number of carbonyl (C=O) groups excluding carboxylic acids is 1. The predicted molar refractivity (Wildman–Crippen MR) is 84.5 cm³/mol. The molecule has 1 aromatic heterocycles. The van der Waals surface area contributed by atoms with E-state index in [1.54, 1.807) is 14.4 Å². The topological polar surface area (TPSA) is 87.9 Å². The maximum Gasteiger partial charge on any atom is 0.356 e. The van der Waals surface area contributed by atoms with Crippen LogP contribution in [0.3, 0.4) is 0 Å². The highest BCUT2D eigenvalue weighted by Gasteiger charge is 2.33. The van der Waals surface area contributed by atoms with Gasteiger partial charge in [-0.1, -0.05) is 12.1 Å². The Morgan fingerprint density at radius 3 is 2.54 bits per heavy atom. The number of aromatic carboxylic acids is 1. The van der Waals surface area contributed by atoms with E-state index in [-0.39, 0.29) is 18.3 Å². The highest BCUT2D eigenvalue weighted by Crippen LogP contribution is 2.33. The summed E-state index contributed by atoms with van der Waals surface area (Å²) in [5, 5.41) is 9.35. The van der Waals surface area contributed by atoms with Gasteiger partial charge in [-0.25, -0.2) is 14.6 Å². The fourth-order valence-corrected chi connectivity index (χ4v) is 3.14. The molecule has 0 unspecified atom stereocenters. The van der Waals surface area contributed by atoms with Crippen LogP contribution >= 0.6 is 0 Å². The number of carboxylic acids is 1. The number of benzene rings is 1. The van der Waals surface area contributed by atoms with E-state index >= 15 is 0 Å². The molecule has 4 rings (SSSR count). The number of nitrogens with zero attached hydrogens (tertiary/aromatic N) is 4. The lowest BCUT2D eigenvalue weighted by atomic mass is 10.1. The summed E-state index contributed by atoms with van der Waals surface area (Å²) in [6.07, 6.45) is 1.49. The zero-order chi connectivity index (χ0) is 16.7. The number of hydrogen-bond donors (Lipinski definition) is 1. The normalized spacial score (nSPS) is 16.5. The van der Waals surface area contributed by atoms with Crippen molar-refractivity contribution in [2.45, 2.75) is 6.54 Å². The number of para-hydroxylation sites is 2. The minimum Gasteiger partial charge on any atom is -0.476 e. The highest BCUT2D eigenvalue weighted by molar-refractivity contribution is 5.96. The van der Waals surface area contributed by atoms with Gasteiger partial charge in [0.05, 0.1) is 36.8 Å². The number of carbonyl (C=O) groups is 2. The second kappa shape index (κ2) is 5.64. The van der Waals surface area contributed by atoms with Crippen molar-refractivity contribution < 1.29 is 19.4 Å². The average molecular weight is 328 g/mol. The summed E-state index contributed by atoms with van der Waals surface area (Å²) in [4.78, 5) is 31.7. The first-order chi connectivity index (χ1) is 11.7. The van der Waals surface area contributed by atoms with Crippen LogP contribution in [0.15, 0.2) is 30.6 Å². The van der Waals surface area contributed by atoms with Crippen molar-refractivity contribution in [3.63, 3.8) is 0 Å². The SMILES string of the molecule is O=C(O)c1ncn2c1CN(C(=O)N1CCOCC1)c1ccccc1-2. The molecule has 2 aliphatic rings. The van der Waals surface area contributed by atoms with Crippen molar-refractivity contribution >= 4 is 17.7 Å². The van der Waals surface area contributed by atoms with Crippen LogP contribution < -0.4 is 4.90 Å². The number of urea groups is 1. The Morgan fingerprint density at radius 1 is 1.12 bits per heavy atom. The predicted octanol–water partition coefficient (Wildman–Crippen LogP) is 1.34. The molecule has 0 radical (unpaired) electrons. The van der Waals surface area contributed by atoms with E-state index in [0.29, 0.717) is 32.0 Å². The van der Waals surface area contributed by atoms with Gasteiger partial charge in [-0.3, -0.25) is 9.47 Å². The fourth-order valence-electron chi connectivity index (χ4n) is 3.14. The number of fused-ring (bicyclic) bond motifs is 3. The van der Waals surface area contributed by atoms with Crippen LogP contribution in [0, 0.1) is 0 Å². The third-order valence-corrected chi connectivity index (χ3v) is 4.32. The fraction of sp³-hybridized carbons (Fsp3) is 0.312. The van der Waals surface area contributed by atoms with Gasteiger partial charge in [-0.15, -0.1) is 0 Å². The molecule has 0 saturated carbocycles. The molecule has 3 heterocycles. The Labute approximate surface area is 137 Å². The van der Waals surface area contributed by atoms with Gasteiger partial charge in [0, 0.05) is 13.1 Å². The van der Waals surface area contributed by atoms with Crippen molar-refractivity contribution in [3.05, 3.63) is 42.0 Å². The summed E-state index contributed by atoms with van der Waals surface area (Å²) in [5.41, 5.74) is 1.98. The second-order valence-corrected chi connectivity index (χ2v) is 5.67. The molecular weight excluding hydrogens is 312 g/mol. The van der Waals surface area contributed by atoms with E-state index in [2.05, 4.69) is 4.98 Å². The van der Waals surface area contributed by atoms with Crippen LogP contribution in [0.4, 0.5) is 10.5 Å². The van der Waals surface area contributed by atoms with Crippen LogP contribution in [0.25, 0.3) is 5.69 Å². The van der Waals surface area contributed by atoms with Crippen molar-refractivity contribution in [1.82, 2.24) is 14.5 Å². The van der Waals surface area contributed by atoms with Crippen molar-refractivity contribution in [2.75, 3.05) is 31.2 Å². The Bertz CT molecular complexity index is 810. The van der Waals surface area contributed by atoms with Gasteiger partial charge in [-0.05, 0) is 12.1 Å². The Hall–Kier alpha value is -2.87. The lowest BCUT2D eigenvalue weighted by molar-refractivity contribution is 0.0547. The van der Waals surface area contributed by atoms with Gasteiger partial charge in [0.2, 0.25) is 0 Å². The second-order valence-electron chi connectivity index (χ2n) is 5.67. The molecule has 24 heavy (non-hydrogen) atoms. The Morgan fingerprint density at radius 2 is 1.83 bits per heavy atom. The van der Waals surface area contributed by atoms with Crippen LogP contribution in [0.2, 0.25) is 0 Å².